The molecule has 148 valence electrons. The normalized spacial score (nSPS) is 21.7. The predicted octanol–water partition coefficient (Wildman–Crippen LogP) is 2.26. The van der Waals surface area contributed by atoms with Crippen molar-refractivity contribution in [3.8, 4) is 17.1 Å². The molecule has 5 rings (SSSR count). The lowest BCUT2D eigenvalue weighted by Gasteiger charge is -2.38. The molecule has 2 aliphatic heterocycles. The van der Waals surface area contributed by atoms with E-state index in [1.54, 1.807) is 18.4 Å². The number of piperidine rings is 1. The van der Waals surface area contributed by atoms with Gasteiger partial charge in [-0.2, -0.15) is 0 Å². The number of aryl methyl sites for hydroxylation is 1. The number of methoxy groups -OCH3 is 1. The Morgan fingerprint density at radius 2 is 2.14 bits per heavy atom. The summed E-state index contributed by atoms with van der Waals surface area (Å²) < 4.78 is 13.4. The molecule has 2 aliphatic rings. The molecule has 0 amide bonds. The molecule has 28 heavy (non-hydrogen) atoms. The first-order valence-corrected chi connectivity index (χ1v) is 10.4. The van der Waals surface area contributed by atoms with Crippen LogP contribution in [-0.2, 0) is 4.74 Å². The highest BCUT2D eigenvalue weighted by atomic mass is 32.1. The minimum absolute atomic E-state index is 0.0284. The SMILES string of the molecule is COc1nc(C)ccc1-c1cnc2sc(N3CCC4(CC3)CC(N)CO4)nn12. The zero-order chi connectivity index (χ0) is 19.3. The number of pyridine rings is 1. The topological polar surface area (TPSA) is 90.8 Å². The van der Waals surface area contributed by atoms with E-state index in [9.17, 15) is 0 Å². The standard InChI is InChI=1S/C19H24N6O2S/c1-12-3-4-14(16(22-12)26-2)15-10-21-17-25(15)23-18(28-17)24-7-5-19(6-8-24)9-13(20)11-27-19/h3-4,10,13H,5-9,11,20H2,1-2H3. The van der Waals surface area contributed by atoms with Crippen molar-refractivity contribution in [1.82, 2.24) is 19.6 Å². The Balaban J connectivity index is 1.42. The lowest BCUT2D eigenvalue weighted by atomic mass is 9.88. The summed E-state index contributed by atoms with van der Waals surface area (Å²) in [6.07, 6.45) is 4.78. The quantitative estimate of drug-likeness (QED) is 0.721. The van der Waals surface area contributed by atoms with E-state index in [4.69, 9.17) is 20.3 Å². The summed E-state index contributed by atoms with van der Waals surface area (Å²) in [5, 5.41) is 5.84. The monoisotopic (exact) mass is 400 g/mol. The highest BCUT2D eigenvalue weighted by Gasteiger charge is 2.42. The molecule has 2 saturated heterocycles. The van der Waals surface area contributed by atoms with E-state index in [0.29, 0.717) is 12.5 Å². The van der Waals surface area contributed by atoms with Crippen molar-refractivity contribution in [3.05, 3.63) is 24.0 Å². The van der Waals surface area contributed by atoms with Gasteiger partial charge in [-0.15, -0.1) is 5.10 Å². The highest BCUT2D eigenvalue weighted by molar-refractivity contribution is 7.20. The first kappa shape index (κ1) is 17.8. The second-order valence-electron chi connectivity index (χ2n) is 7.68. The Bertz CT molecular complexity index is 1010. The van der Waals surface area contributed by atoms with E-state index in [-0.39, 0.29) is 11.6 Å². The number of imidazole rings is 1. The van der Waals surface area contributed by atoms with Gasteiger partial charge < -0.3 is 20.1 Å². The van der Waals surface area contributed by atoms with E-state index in [2.05, 4.69) is 14.9 Å². The highest BCUT2D eigenvalue weighted by Crippen LogP contribution is 2.38. The number of hydrogen-bond acceptors (Lipinski definition) is 8. The number of rotatable bonds is 3. The van der Waals surface area contributed by atoms with Crippen LogP contribution < -0.4 is 15.4 Å². The van der Waals surface area contributed by atoms with Crippen LogP contribution in [0.25, 0.3) is 16.2 Å². The molecule has 3 aromatic heterocycles. The maximum absolute atomic E-state index is 6.05. The van der Waals surface area contributed by atoms with Crippen molar-refractivity contribution in [2.45, 2.75) is 37.8 Å². The average molecular weight is 401 g/mol. The van der Waals surface area contributed by atoms with Crippen molar-refractivity contribution < 1.29 is 9.47 Å². The fourth-order valence-electron chi connectivity index (χ4n) is 4.21. The molecule has 1 unspecified atom stereocenters. The summed E-state index contributed by atoms with van der Waals surface area (Å²) in [7, 11) is 1.64. The third kappa shape index (κ3) is 2.94. The van der Waals surface area contributed by atoms with Crippen molar-refractivity contribution in [2.24, 2.45) is 5.73 Å². The van der Waals surface area contributed by atoms with Gasteiger partial charge >= 0.3 is 0 Å². The van der Waals surface area contributed by atoms with E-state index in [1.807, 2.05) is 29.8 Å². The number of fused-ring (bicyclic) bond motifs is 1. The van der Waals surface area contributed by atoms with Crippen LogP contribution in [0.3, 0.4) is 0 Å². The average Bonchev–Trinajstić information content (AvgIpc) is 3.37. The van der Waals surface area contributed by atoms with Gasteiger partial charge in [-0.1, -0.05) is 11.3 Å². The zero-order valence-corrected chi connectivity index (χ0v) is 16.9. The van der Waals surface area contributed by atoms with Crippen LogP contribution in [0, 0.1) is 6.92 Å². The molecule has 3 aromatic rings. The smallest absolute Gasteiger partial charge is 0.222 e. The lowest BCUT2D eigenvalue weighted by Crippen LogP contribution is -2.44. The summed E-state index contributed by atoms with van der Waals surface area (Å²) in [5.74, 6) is 0.589. The second-order valence-corrected chi connectivity index (χ2v) is 8.61. The largest absolute Gasteiger partial charge is 0.480 e. The number of aromatic nitrogens is 4. The molecule has 1 spiro atoms. The molecule has 0 aliphatic carbocycles. The fourth-order valence-corrected chi connectivity index (χ4v) is 5.14. The van der Waals surface area contributed by atoms with Crippen LogP contribution in [0.5, 0.6) is 5.88 Å². The van der Waals surface area contributed by atoms with Gasteiger partial charge in [-0.25, -0.2) is 14.5 Å². The Labute approximate surface area is 167 Å². The first-order chi connectivity index (χ1) is 13.6. The molecule has 0 radical (unpaired) electrons. The number of anilines is 1. The molecular weight excluding hydrogens is 376 g/mol. The Hall–Kier alpha value is -2.23. The van der Waals surface area contributed by atoms with Crippen LogP contribution in [0.2, 0.25) is 0 Å². The Morgan fingerprint density at radius 1 is 1.32 bits per heavy atom. The summed E-state index contributed by atoms with van der Waals surface area (Å²) >= 11 is 1.61. The first-order valence-electron chi connectivity index (χ1n) is 9.58. The van der Waals surface area contributed by atoms with Crippen molar-refractivity contribution in [3.63, 3.8) is 0 Å². The van der Waals surface area contributed by atoms with Crippen molar-refractivity contribution in [1.29, 1.82) is 0 Å². The van der Waals surface area contributed by atoms with E-state index < -0.39 is 0 Å². The second kappa shape index (κ2) is 6.68. The fraction of sp³-hybridized carbons (Fsp3) is 0.526. The van der Waals surface area contributed by atoms with Crippen LogP contribution >= 0.6 is 11.3 Å². The third-order valence-corrected chi connectivity index (χ3v) is 6.71. The maximum Gasteiger partial charge on any atom is 0.222 e. The van der Waals surface area contributed by atoms with Gasteiger partial charge in [0.15, 0.2) is 0 Å². The molecule has 5 heterocycles. The number of ether oxygens (including phenoxy) is 2. The van der Waals surface area contributed by atoms with Crippen molar-refractivity contribution >= 4 is 21.4 Å². The van der Waals surface area contributed by atoms with E-state index in [1.165, 1.54) is 0 Å². The Morgan fingerprint density at radius 3 is 2.86 bits per heavy atom. The third-order valence-electron chi connectivity index (χ3n) is 5.73. The van der Waals surface area contributed by atoms with Crippen LogP contribution in [-0.4, -0.2) is 58.0 Å². The van der Waals surface area contributed by atoms with Crippen LogP contribution in [0.4, 0.5) is 5.13 Å². The molecule has 0 saturated carbocycles. The zero-order valence-electron chi connectivity index (χ0n) is 16.1. The number of nitrogens with zero attached hydrogens (tertiary/aromatic N) is 5. The number of hydrogen-bond donors (Lipinski definition) is 1. The van der Waals surface area contributed by atoms with Gasteiger partial charge in [0.05, 0.1) is 36.8 Å². The molecule has 0 bridgehead atoms. The van der Waals surface area contributed by atoms with Gasteiger partial charge in [0.1, 0.15) is 0 Å². The van der Waals surface area contributed by atoms with E-state index >= 15 is 0 Å². The van der Waals surface area contributed by atoms with Gasteiger partial charge in [0, 0.05) is 24.8 Å². The minimum atomic E-state index is -0.0284. The van der Waals surface area contributed by atoms with Gasteiger partial charge in [0.25, 0.3) is 0 Å². The van der Waals surface area contributed by atoms with Gasteiger partial charge in [0.2, 0.25) is 16.0 Å². The Kier molecular flexibility index (Phi) is 4.26. The number of nitrogens with two attached hydrogens (primary N) is 1. The van der Waals surface area contributed by atoms with E-state index in [0.717, 1.165) is 59.4 Å². The van der Waals surface area contributed by atoms with Crippen LogP contribution in [0.1, 0.15) is 25.0 Å². The predicted molar refractivity (Wildman–Crippen MR) is 108 cm³/mol. The summed E-state index contributed by atoms with van der Waals surface area (Å²) in [6.45, 7) is 4.48. The van der Waals surface area contributed by atoms with Crippen molar-refractivity contribution in [2.75, 3.05) is 31.7 Å². The molecule has 2 fully saturated rings. The summed E-state index contributed by atoms with van der Waals surface area (Å²) in [4.78, 5) is 12.2. The summed E-state index contributed by atoms with van der Waals surface area (Å²) in [6, 6.07) is 4.16. The minimum Gasteiger partial charge on any atom is -0.480 e. The molecular formula is C19H24N6O2S. The molecule has 1 atom stereocenters. The molecule has 0 aromatic carbocycles. The molecule has 8 nitrogen and oxygen atoms in total. The summed E-state index contributed by atoms with van der Waals surface area (Å²) in [5.41, 5.74) is 8.72. The van der Waals surface area contributed by atoms with Gasteiger partial charge in [-0.05, 0) is 38.3 Å². The molecule has 9 heteroatoms. The molecule has 2 N–H and O–H groups in total. The van der Waals surface area contributed by atoms with Gasteiger partial charge in [-0.3, -0.25) is 0 Å². The maximum atomic E-state index is 6.05. The lowest BCUT2D eigenvalue weighted by molar-refractivity contribution is -0.0148. The van der Waals surface area contributed by atoms with Crippen LogP contribution in [0.15, 0.2) is 18.3 Å².